The van der Waals surface area contributed by atoms with Crippen LogP contribution in [0, 0.1) is 0 Å². The van der Waals surface area contributed by atoms with E-state index in [0.29, 0.717) is 19.1 Å². The molecule has 4 nitrogen and oxygen atoms in total. The lowest BCUT2D eigenvalue weighted by molar-refractivity contribution is 0.303. The second kappa shape index (κ2) is 7.84. The molecule has 18 heavy (non-hydrogen) atoms. The van der Waals surface area contributed by atoms with Gasteiger partial charge in [0.2, 0.25) is 0 Å². The summed E-state index contributed by atoms with van der Waals surface area (Å²) in [7, 11) is 1.94. The van der Waals surface area contributed by atoms with Crippen molar-refractivity contribution in [3.8, 4) is 0 Å². The largest absolute Gasteiger partial charge is 0.395 e. The molecule has 1 aromatic rings. The number of anilines is 1. The van der Waals surface area contributed by atoms with Crippen LogP contribution in [0.25, 0.3) is 0 Å². The van der Waals surface area contributed by atoms with Crippen molar-refractivity contribution < 1.29 is 5.11 Å². The molecule has 0 saturated carbocycles. The van der Waals surface area contributed by atoms with Gasteiger partial charge in [0.05, 0.1) is 24.2 Å². The van der Waals surface area contributed by atoms with Gasteiger partial charge in [0.15, 0.2) is 0 Å². The lowest BCUT2D eigenvalue weighted by atomic mass is 10.1. The fraction of sp³-hybridized carbons (Fsp3) is 0.500. The van der Waals surface area contributed by atoms with E-state index in [1.165, 1.54) is 0 Å². The van der Waals surface area contributed by atoms with Gasteiger partial charge in [-0.2, -0.15) is 0 Å². The Morgan fingerprint density at radius 1 is 1.56 bits per heavy atom. The van der Waals surface area contributed by atoms with Crippen molar-refractivity contribution in [2.75, 3.05) is 31.6 Å². The van der Waals surface area contributed by atoms with Crippen molar-refractivity contribution in [2.45, 2.75) is 19.4 Å². The summed E-state index contributed by atoms with van der Waals surface area (Å²) in [5, 5.41) is 12.3. The van der Waals surface area contributed by atoms with Gasteiger partial charge in [-0.1, -0.05) is 13.0 Å². The predicted molar refractivity (Wildman–Crippen MR) is 75.8 cm³/mol. The third kappa shape index (κ3) is 3.82. The lowest BCUT2D eigenvalue weighted by Crippen LogP contribution is -2.27. The van der Waals surface area contributed by atoms with Crippen LogP contribution in [0.5, 0.6) is 0 Å². The van der Waals surface area contributed by atoms with Crippen molar-refractivity contribution >= 4 is 5.69 Å². The Morgan fingerprint density at radius 2 is 2.33 bits per heavy atom. The average Bonchev–Trinajstić information content (AvgIpc) is 2.41. The van der Waals surface area contributed by atoms with E-state index >= 15 is 0 Å². The quantitative estimate of drug-likeness (QED) is 0.689. The molecule has 0 radical (unpaired) electrons. The van der Waals surface area contributed by atoms with Crippen LogP contribution in [0.15, 0.2) is 31.0 Å². The van der Waals surface area contributed by atoms with Gasteiger partial charge in [-0.15, -0.1) is 6.58 Å². The molecule has 0 fully saturated rings. The van der Waals surface area contributed by atoms with Gasteiger partial charge >= 0.3 is 0 Å². The summed E-state index contributed by atoms with van der Waals surface area (Å²) in [6, 6.07) is 4.37. The van der Waals surface area contributed by atoms with Gasteiger partial charge in [-0.05, 0) is 25.6 Å². The van der Waals surface area contributed by atoms with Crippen LogP contribution >= 0.6 is 0 Å². The van der Waals surface area contributed by atoms with E-state index in [1.807, 2.05) is 36.4 Å². The molecule has 100 valence electrons. The average molecular weight is 249 g/mol. The summed E-state index contributed by atoms with van der Waals surface area (Å²) in [6.45, 7) is 7.29. The molecule has 2 N–H and O–H groups in total. The number of hydrogen-bond acceptors (Lipinski definition) is 4. The summed E-state index contributed by atoms with van der Waals surface area (Å²) < 4.78 is 0. The molecule has 1 rings (SSSR count). The van der Waals surface area contributed by atoms with E-state index < -0.39 is 0 Å². The number of nitrogens with zero attached hydrogens (tertiary/aromatic N) is 2. The second-order valence-corrected chi connectivity index (χ2v) is 4.15. The minimum Gasteiger partial charge on any atom is -0.395 e. The number of aliphatic hydroxyl groups is 1. The summed E-state index contributed by atoms with van der Waals surface area (Å²) in [4.78, 5) is 6.53. The summed E-state index contributed by atoms with van der Waals surface area (Å²) in [5.74, 6) is 0. The smallest absolute Gasteiger partial charge is 0.0606 e. The van der Waals surface area contributed by atoms with Gasteiger partial charge in [-0.3, -0.25) is 4.98 Å². The van der Waals surface area contributed by atoms with Gasteiger partial charge in [0, 0.05) is 19.1 Å². The monoisotopic (exact) mass is 249 g/mol. The molecule has 4 heteroatoms. The zero-order chi connectivity index (χ0) is 13.4. The van der Waals surface area contributed by atoms with Crippen LogP contribution in [0.3, 0.4) is 0 Å². The Kier molecular flexibility index (Phi) is 6.39. The molecule has 1 heterocycles. The maximum atomic E-state index is 9.04. The Morgan fingerprint density at radius 3 is 2.78 bits per heavy atom. The van der Waals surface area contributed by atoms with Gasteiger partial charge < -0.3 is 15.3 Å². The van der Waals surface area contributed by atoms with Crippen LogP contribution < -0.4 is 10.2 Å². The van der Waals surface area contributed by atoms with Crippen LogP contribution in [0.1, 0.15) is 25.1 Å². The predicted octanol–water partition coefficient (Wildman–Crippen LogP) is 1.74. The number of pyridine rings is 1. The highest BCUT2D eigenvalue weighted by atomic mass is 16.3. The third-order valence-corrected chi connectivity index (χ3v) is 2.97. The number of aliphatic hydroxyl groups excluding tert-OH is 1. The Bertz CT molecular complexity index is 347. The molecule has 1 atom stereocenters. The number of rotatable bonds is 8. The summed E-state index contributed by atoms with van der Waals surface area (Å²) >= 11 is 0. The van der Waals surface area contributed by atoms with Crippen LogP contribution in [0.2, 0.25) is 0 Å². The van der Waals surface area contributed by atoms with E-state index in [2.05, 4.69) is 23.8 Å². The zero-order valence-electron chi connectivity index (χ0n) is 11.3. The molecule has 1 aromatic heterocycles. The van der Waals surface area contributed by atoms with Crippen LogP contribution in [-0.2, 0) is 0 Å². The molecule has 0 aliphatic carbocycles. The zero-order valence-corrected chi connectivity index (χ0v) is 11.3. The third-order valence-electron chi connectivity index (χ3n) is 2.97. The van der Waals surface area contributed by atoms with E-state index in [0.717, 1.165) is 17.8 Å². The van der Waals surface area contributed by atoms with Gasteiger partial charge in [-0.25, -0.2) is 0 Å². The molecule has 0 saturated heterocycles. The van der Waals surface area contributed by atoms with Crippen molar-refractivity contribution in [1.82, 2.24) is 10.3 Å². The normalized spacial score (nSPS) is 12.2. The number of hydrogen-bond donors (Lipinski definition) is 2. The van der Waals surface area contributed by atoms with Crippen molar-refractivity contribution in [1.29, 1.82) is 0 Å². The molecule has 0 bridgehead atoms. The maximum absolute atomic E-state index is 9.04. The summed E-state index contributed by atoms with van der Waals surface area (Å²) in [6.07, 6.45) is 4.69. The highest BCUT2D eigenvalue weighted by Crippen LogP contribution is 2.18. The highest BCUT2D eigenvalue weighted by Gasteiger charge is 2.09. The fourth-order valence-electron chi connectivity index (χ4n) is 1.95. The summed E-state index contributed by atoms with van der Waals surface area (Å²) in [5.41, 5.74) is 2.06. The molecular formula is C14H23N3O. The number of aromatic nitrogens is 1. The highest BCUT2D eigenvalue weighted by molar-refractivity contribution is 5.45. The fourth-order valence-corrected chi connectivity index (χ4v) is 1.95. The topological polar surface area (TPSA) is 48.4 Å². The molecule has 0 spiro atoms. The second-order valence-electron chi connectivity index (χ2n) is 4.15. The first-order valence-corrected chi connectivity index (χ1v) is 6.36. The minimum absolute atomic E-state index is 0.129. The molecule has 0 aromatic carbocycles. The molecule has 0 aliphatic heterocycles. The van der Waals surface area contributed by atoms with E-state index in [4.69, 9.17) is 5.11 Å². The van der Waals surface area contributed by atoms with E-state index in [9.17, 15) is 0 Å². The Labute approximate surface area is 109 Å². The minimum atomic E-state index is 0.129. The first-order chi connectivity index (χ1) is 8.76. The van der Waals surface area contributed by atoms with Crippen LogP contribution in [-0.4, -0.2) is 36.8 Å². The molecule has 1 unspecified atom stereocenters. The van der Waals surface area contributed by atoms with Crippen molar-refractivity contribution in [2.24, 2.45) is 0 Å². The molecular weight excluding hydrogens is 226 g/mol. The van der Waals surface area contributed by atoms with E-state index in [1.54, 1.807) is 0 Å². The molecule has 0 aliphatic rings. The van der Waals surface area contributed by atoms with Gasteiger partial charge in [0.25, 0.3) is 0 Å². The molecule has 0 amide bonds. The van der Waals surface area contributed by atoms with E-state index in [-0.39, 0.29) is 6.61 Å². The first-order valence-electron chi connectivity index (χ1n) is 6.36. The van der Waals surface area contributed by atoms with Gasteiger partial charge in [0.1, 0.15) is 0 Å². The Hall–Kier alpha value is -1.39. The standard InChI is InChI=1S/C14H23N3O/c1-4-8-17(9-10-18)12-6-7-14(16-11-12)13(5-2)15-3/h4,6-7,11,13,15,18H,1,5,8-10H2,2-3H3. The SMILES string of the molecule is C=CCN(CCO)c1ccc(C(CC)NC)nc1. The maximum Gasteiger partial charge on any atom is 0.0606 e. The number of nitrogens with one attached hydrogen (secondary N) is 1. The van der Waals surface area contributed by atoms with Crippen molar-refractivity contribution in [3.63, 3.8) is 0 Å². The first kappa shape index (κ1) is 14.7. The Balaban J connectivity index is 2.82. The van der Waals surface area contributed by atoms with Crippen molar-refractivity contribution in [3.05, 3.63) is 36.7 Å². The van der Waals surface area contributed by atoms with Crippen LogP contribution in [0.4, 0.5) is 5.69 Å². The lowest BCUT2D eigenvalue weighted by Gasteiger charge is -2.22.